The standard InChI is InChI=1S/C19H21Cl2N3O3S/c1-13(15-5-2-3-6-16(15)20)23-19(25)14-8-11-24(12-9-14)28(26,27)17-7-4-10-22-18(17)21/h2-7,10,13-14H,8-9,11-12H2,1H3,(H,23,25). The largest absolute Gasteiger partial charge is 0.349 e. The summed E-state index contributed by atoms with van der Waals surface area (Å²) < 4.78 is 26.9. The minimum absolute atomic E-state index is 0.00749. The number of halogens is 2. The predicted octanol–water partition coefficient (Wildman–Crippen LogP) is 3.67. The molecule has 1 aliphatic rings. The first-order valence-electron chi connectivity index (χ1n) is 8.96. The fraction of sp³-hybridized carbons (Fsp3) is 0.368. The van der Waals surface area contributed by atoms with Crippen molar-refractivity contribution in [1.29, 1.82) is 0 Å². The molecule has 1 unspecified atom stereocenters. The summed E-state index contributed by atoms with van der Waals surface area (Å²) in [5, 5.41) is 3.53. The lowest BCUT2D eigenvalue weighted by Crippen LogP contribution is -2.43. The van der Waals surface area contributed by atoms with E-state index in [1.807, 2.05) is 25.1 Å². The second kappa shape index (κ2) is 8.78. The molecule has 1 aliphatic heterocycles. The number of benzene rings is 1. The van der Waals surface area contributed by atoms with Crippen molar-refractivity contribution in [2.24, 2.45) is 5.92 Å². The summed E-state index contributed by atoms with van der Waals surface area (Å²) in [6, 6.07) is 10.1. The molecule has 0 radical (unpaired) electrons. The number of nitrogens with zero attached hydrogens (tertiary/aromatic N) is 2. The van der Waals surface area contributed by atoms with Gasteiger partial charge in [-0.1, -0.05) is 41.4 Å². The second-order valence-corrected chi connectivity index (χ2v) is 9.39. The summed E-state index contributed by atoms with van der Waals surface area (Å²) in [7, 11) is -3.72. The molecule has 1 aromatic heterocycles. The van der Waals surface area contributed by atoms with Crippen LogP contribution in [0.5, 0.6) is 0 Å². The number of hydrogen-bond donors (Lipinski definition) is 1. The molecule has 1 saturated heterocycles. The zero-order valence-corrected chi connectivity index (χ0v) is 17.6. The lowest BCUT2D eigenvalue weighted by Gasteiger charge is -2.31. The molecular weight excluding hydrogens is 421 g/mol. The number of rotatable bonds is 5. The first-order chi connectivity index (χ1) is 13.3. The van der Waals surface area contributed by atoms with Gasteiger partial charge in [0.1, 0.15) is 10.0 Å². The zero-order valence-electron chi connectivity index (χ0n) is 15.3. The number of carbonyl (C=O) groups is 1. The molecule has 2 heterocycles. The molecule has 0 saturated carbocycles. The summed E-state index contributed by atoms with van der Waals surface area (Å²) in [5.74, 6) is -0.343. The summed E-state index contributed by atoms with van der Waals surface area (Å²) >= 11 is 12.1. The van der Waals surface area contributed by atoms with Crippen molar-refractivity contribution in [2.75, 3.05) is 13.1 Å². The number of amides is 1. The van der Waals surface area contributed by atoms with Gasteiger partial charge >= 0.3 is 0 Å². The Bertz CT molecular complexity index is 960. The van der Waals surface area contributed by atoms with E-state index in [9.17, 15) is 13.2 Å². The van der Waals surface area contributed by atoms with Gasteiger partial charge in [-0.05, 0) is 43.5 Å². The number of nitrogens with one attached hydrogen (secondary N) is 1. The highest BCUT2D eigenvalue weighted by atomic mass is 35.5. The number of hydrogen-bond acceptors (Lipinski definition) is 4. The molecule has 2 aromatic rings. The Kier molecular flexibility index (Phi) is 6.60. The molecule has 9 heteroatoms. The quantitative estimate of drug-likeness (QED) is 0.717. The first kappa shape index (κ1) is 21.0. The van der Waals surface area contributed by atoms with E-state index in [2.05, 4.69) is 10.3 Å². The molecule has 0 bridgehead atoms. The third-order valence-corrected chi connectivity index (χ3v) is 7.59. The maximum absolute atomic E-state index is 12.8. The van der Waals surface area contributed by atoms with E-state index in [-0.39, 0.29) is 41.0 Å². The van der Waals surface area contributed by atoms with Crippen LogP contribution in [-0.2, 0) is 14.8 Å². The highest BCUT2D eigenvalue weighted by molar-refractivity contribution is 7.89. The van der Waals surface area contributed by atoms with Gasteiger partial charge in [-0.25, -0.2) is 13.4 Å². The number of pyridine rings is 1. The average Bonchev–Trinajstić information content (AvgIpc) is 2.68. The molecule has 6 nitrogen and oxygen atoms in total. The second-order valence-electron chi connectivity index (χ2n) is 6.72. The molecule has 28 heavy (non-hydrogen) atoms. The van der Waals surface area contributed by atoms with Gasteiger partial charge in [0.15, 0.2) is 0 Å². The lowest BCUT2D eigenvalue weighted by molar-refractivity contribution is -0.126. The van der Waals surface area contributed by atoms with Crippen molar-refractivity contribution in [3.63, 3.8) is 0 Å². The summed E-state index contributed by atoms with van der Waals surface area (Å²) in [4.78, 5) is 16.4. The Labute approximate surface area is 174 Å². The topological polar surface area (TPSA) is 79.4 Å². The van der Waals surface area contributed by atoms with Crippen LogP contribution in [0, 0.1) is 5.92 Å². The SMILES string of the molecule is CC(NC(=O)C1CCN(S(=O)(=O)c2cccnc2Cl)CC1)c1ccccc1Cl. The Balaban J connectivity index is 1.61. The van der Waals surface area contributed by atoms with E-state index < -0.39 is 10.0 Å². The molecule has 3 rings (SSSR count). The number of sulfonamides is 1. The van der Waals surface area contributed by atoms with E-state index in [0.29, 0.717) is 17.9 Å². The summed E-state index contributed by atoms with van der Waals surface area (Å²) in [6.45, 7) is 2.39. The first-order valence-corrected chi connectivity index (χ1v) is 11.2. The predicted molar refractivity (Wildman–Crippen MR) is 109 cm³/mol. The molecule has 150 valence electrons. The average molecular weight is 442 g/mol. The van der Waals surface area contributed by atoms with E-state index in [4.69, 9.17) is 23.2 Å². The van der Waals surface area contributed by atoms with Crippen LogP contribution in [-0.4, -0.2) is 36.7 Å². The molecule has 1 N–H and O–H groups in total. The van der Waals surface area contributed by atoms with Crippen LogP contribution in [0.1, 0.15) is 31.4 Å². The maximum Gasteiger partial charge on any atom is 0.246 e. The Hall–Kier alpha value is -1.67. The number of aromatic nitrogens is 1. The minimum Gasteiger partial charge on any atom is -0.349 e. The van der Waals surface area contributed by atoms with E-state index >= 15 is 0 Å². The van der Waals surface area contributed by atoms with Crippen molar-refractivity contribution in [2.45, 2.75) is 30.7 Å². The van der Waals surface area contributed by atoms with Gasteiger partial charge < -0.3 is 5.32 Å². The van der Waals surface area contributed by atoms with E-state index in [1.54, 1.807) is 6.07 Å². The fourth-order valence-electron chi connectivity index (χ4n) is 3.30. The third kappa shape index (κ3) is 4.49. The van der Waals surface area contributed by atoms with Crippen molar-refractivity contribution in [1.82, 2.24) is 14.6 Å². The Morgan fingerprint density at radius 1 is 1.18 bits per heavy atom. The molecule has 1 fully saturated rings. The van der Waals surface area contributed by atoms with Gasteiger partial charge in [-0.3, -0.25) is 4.79 Å². The molecule has 1 aromatic carbocycles. The summed E-state index contributed by atoms with van der Waals surface area (Å²) in [6.07, 6.45) is 2.33. The van der Waals surface area contributed by atoms with Crippen molar-refractivity contribution in [3.8, 4) is 0 Å². The van der Waals surface area contributed by atoms with Gasteiger partial charge in [-0.15, -0.1) is 0 Å². The fourth-order valence-corrected chi connectivity index (χ4v) is 5.49. The zero-order chi connectivity index (χ0) is 20.3. The third-order valence-electron chi connectivity index (χ3n) is 4.90. The molecule has 1 amide bonds. The van der Waals surface area contributed by atoms with Crippen LogP contribution in [0.3, 0.4) is 0 Å². The van der Waals surface area contributed by atoms with Crippen molar-refractivity contribution in [3.05, 3.63) is 58.3 Å². The maximum atomic E-state index is 12.8. The monoisotopic (exact) mass is 441 g/mol. The minimum atomic E-state index is -3.72. The molecule has 0 aliphatic carbocycles. The Morgan fingerprint density at radius 2 is 1.86 bits per heavy atom. The van der Waals surface area contributed by atoms with E-state index in [1.165, 1.54) is 22.6 Å². The highest BCUT2D eigenvalue weighted by Crippen LogP contribution is 2.28. The van der Waals surface area contributed by atoms with Gasteiger partial charge in [0.25, 0.3) is 0 Å². The van der Waals surface area contributed by atoms with Crippen LogP contribution in [0.2, 0.25) is 10.2 Å². The summed E-state index contributed by atoms with van der Waals surface area (Å²) in [5.41, 5.74) is 0.851. The number of piperidine rings is 1. The van der Waals surface area contributed by atoms with Gasteiger partial charge in [0, 0.05) is 30.2 Å². The normalized spacial score (nSPS) is 17.2. The van der Waals surface area contributed by atoms with Crippen molar-refractivity contribution < 1.29 is 13.2 Å². The van der Waals surface area contributed by atoms with Gasteiger partial charge in [0.05, 0.1) is 6.04 Å². The van der Waals surface area contributed by atoms with Crippen LogP contribution in [0.4, 0.5) is 0 Å². The van der Waals surface area contributed by atoms with Crippen molar-refractivity contribution >= 4 is 39.1 Å². The van der Waals surface area contributed by atoms with Crippen LogP contribution in [0.15, 0.2) is 47.5 Å². The van der Waals surface area contributed by atoms with Gasteiger partial charge in [-0.2, -0.15) is 4.31 Å². The molecular formula is C19H21Cl2N3O3S. The Morgan fingerprint density at radius 3 is 2.50 bits per heavy atom. The lowest BCUT2D eigenvalue weighted by atomic mass is 9.96. The van der Waals surface area contributed by atoms with Gasteiger partial charge in [0.2, 0.25) is 15.9 Å². The molecule has 0 spiro atoms. The van der Waals surface area contributed by atoms with E-state index in [0.717, 1.165) is 5.56 Å². The highest BCUT2D eigenvalue weighted by Gasteiger charge is 2.33. The van der Waals surface area contributed by atoms with Crippen LogP contribution in [0.25, 0.3) is 0 Å². The van der Waals surface area contributed by atoms with Crippen LogP contribution < -0.4 is 5.32 Å². The molecule has 1 atom stereocenters. The number of carbonyl (C=O) groups excluding carboxylic acids is 1. The smallest absolute Gasteiger partial charge is 0.246 e. The van der Waals surface area contributed by atoms with Crippen LogP contribution >= 0.6 is 23.2 Å².